The minimum Gasteiger partial charge on any atom is -0.480 e. The molecule has 3 rings (SSSR count). The molecule has 4 unspecified atom stereocenters. The summed E-state index contributed by atoms with van der Waals surface area (Å²) in [6.45, 7) is -0.0200. The molecular weight excluding hydrogens is 480 g/mol. The number of nitrogens with two attached hydrogens (primary N) is 2. The van der Waals surface area contributed by atoms with E-state index in [0.29, 0.717) is 45.2 Å². The molecule has 1 fully saturated rings. The summed E-state index contributed by atoms with van der Waals surface area (Å²) in [7, 11) is 0. The van der Waals surface area contributed by atoms with Crippen molar-refractivity contribution in [2.45, 2.75) is 62.7 Å². The third kappa shape index (κ3) is 7.06. The zero-order valence-corrected chi connectivity index (χ0v) is 20.7. The molecule has 12 nitrogen and oxygen atoms in total. The molecule has 0 spiro atoms. The number of aliphatic carboxylic acids is 1. The van der Waals surface area contributed by atoms with Crippen LogP contribution in [-0.4, -0.2) is 87.7 Å². The molecule has 12 heteroatoms. The number of nitrogens with zero attached hydrogens (tertiary/aromatic N) is 1. The van der Waals surface area contributed by atoms with E-state index in [1.807, 2.05) is 30.5 Å². The molecular formula is C25H36N6O6. The first-order chi connectivity index (χ1) is 17.8. The fourth-order valence-electron chi connectivity index (χ4n) is 4.63. The lowest BCUT2D eigenvalue weighted by Gasteiger charge is -2.28. The van der Waals surface area contributed by atoms with E-state index >= 15 is 0 Å². The fraction of sp³-hybridized carbons (Fsp3) is 0.520. The molecule has 1 aliphatic heterocycles. The number of hydrogen-bond acceptors (Lipinski definition) is 7. The lowest BCUT2D eigenvalue weighted by atomic mass is 10.0. The average molecular weight is 517 g/mol. The van der Waals surface area contributed by atoms with Gasteiger partial charge >= 0.3 is 5.97 Å². The number of carbonyl (C=O) groups is 4. The van der Waals surface area contributed by atoms with Crippen LogP contribution < -0.4 is 22.1 Å². The third-order valence-electron chi connectivity index (χ3n) is 6.65. The second-order valence-corrected chi connectivity index (χ2v) is 9.29. The van der Waals surface area contributed by atoms with Gasteiger partial charge < -0.3 is 42.2 Å². The molecule has 1 aromatic heterocycles. The fourth-order valence-corrected chi connectivity index (χ4v) is 4.63. The van der Waals surface area contributed by atoms with Crippen molar-refractivity contribution in [3.05, 3.63) is 36.0 Å². The predicted molar refractivity (Wildman–Crippen MR) is 136 cm³/mol. The highest BCUT2D eigenvalue weighted by Gasteiger charge is 2.38. The topological polar surface area (TPSA) is 204 Å². The number of aromatic amines is 1. The lowest BCUT2D eigenvalue weighted by Crippen LogP contribution is -2.57. The largest absolute Gasteiger partial charge is 0.480 e. The Morgan fingerprint density at radius 3 is 2.59 bits per heavy atom. The van der Waals surface area contributed by atoms with E-state index in [0.717, 1.165) is 16.5 Å². The van der Waals surface area contributed by atoms with Crippen LogP contribution in [0.1, 0.15) is 37.7 Å². The van der Waals surface area contributed by atoms with E-state index in [1.54, 1.807) is 0 Å². The Hall–Kier alpha value is -3.48. The smallest absolute Gasteiger partial charge is 0.328 e. The van der Waals surface area contributed by atoms with E-state index < -0.39 is 48.6 Å². The van der Waals surface area contributed by atoms with Crippen LogP contribution in [0.3, 0.4) is 0 Å². The predicted octanol–water partition coefficient (Wildman–Crippen LogP) is -0.796. The van der Waals surface area contributed by atoms with E-state index in [9.17, 15) is 24.3 Å². The van der Waals surface area contributed by atoms with Crippen LogP contribution in [0.4, 0.5) is 0 Å². The number of H-pyrrole nitrogens is 1. The van der Waals surface area contributed by atoms with Crippen molar-refractivity contribution in [2.75, 3.05) is 19.7 Å². The van der Waals surface area contributed by atoms with Crippen LogP contribution in [0.15, 0.2) is 30.5 Å². The van der Waals surface area contributed by atoms with Crippen LogP contribution in [0.2, 0.25) is 0 Å². The van der Waals surface area contributed by atoms with Crippen molar-refractivity contribution in [3.63, 3.8) is 0 Å². The van der Waals surface area contributed by atoms with E-state index in [2.05, 4.69) is 15.6 Å². The Labute approximate surface area is 214 Å². The van der Waals surface area contributed by atoms with Gasteiger partial charge in [-0.25, -0.2) is 4.79 Å². The summed E-state index contributed by atoms with van der Waals surface area (Å²) in [6, 6.07) is 3.54. The number of likely N-dealkylation sites (tertiary alicyclic amines) is 1. The van der Waals surface area contributed by atoms with Gasteiger partial charge in [0.25, 0.3) is 0 Å². The number of carboxylic acid groups (broad SMARTS) is 1. The Balaban J connectivity index is 1.66. The van der Waals surface area contributed by atoms with Gasteiger partial charge in [0, 0.05) is 23.6 Å². The Kier molecular flexibility index (Phi) is 10.0. The number of unbranched alkanes of at least 4 members (excludes halogenated alkanes) is 1. The van der Waals surface area contributed by atoms with Gasteiger partial charge in [-0.3, -0.25) is 14.4 Å². The molecule has 0 aliphatic carbocycles. The zero-order valence-electron chi connectivity index (χ0n) is 20.7. The Morgan fingerprint density at radius 2 is 1.89 bits per heavy atom. The first-order valence-corrected chi connectivity index (χ1v) is 12.5. The maximum atomic E-state index is 13.2. The monoisotopic (exact) mass is 516 g/mol. The van der Waals surface area contributed by atoms with Gasteiger partial charge in [0.2, 0.25) is 17.7 Å². The molecule has 3 amide bonds. The van der Waals surface area contributed by atoms with Crippen LogP contribution >= 0.6 is 0 Å². The van der Waals surface area contributed by atoms with Gasteiger partial charge in [0.05, 0.1) is 12.6 Å². The molecule has 4 atom stereocenters. The van der Waals surface area contributed by atoms with Crippen LogP contribution in [0, 0.1) is 0 Å². The zero-order chi connectivity index (χ0) is 26.9. The number of benzene rings is 1. The minimum absolute atomic E-state index is 0.229. The molecule has 1 saturated heterocycles. The first-order valence-electron chi connectivity index (χ1n) is 12.5. The average Bonchev–Trinajstić information content (AvgIpc) is 3.53. The molecule has 1 aliphatic rings. The second kappa shape index (κ2) is 13.2. The van der Waals surface area contributed by atoms with Crippen LogP contribution in [-0.2, 0) is 25.6 Å². The number of carbonyl (C=O) groups excluding carboxylic acids is 3. The van der Waals surface area contributed by atoms with E-state index in [1.165, 1.54) is 4.90 Å². The van der Waals surface area contributed by atoms with Gasteiger partial charge in [0.15, 0.2) is 0 Å². The number of fused-ring (bicyclic) bond motifs is 1. The molecule has 2 heterocycles. The van der Waals surface area contributed by atoms with Gasteiger partial charge in [-0.05, 0) is 56.7 Å². The third-order valence-corrected chi connectivity index (χ3v) is 6.65. The van der Waals surface area contributed by atoms with E-state index in [4.69, 9.17) is 16.6 Å². The highest BCUT2D eigenvalue weighted by atomic mass is 16.4. The van der Waals surface area contributed by atoms with Gasteiger partial charge in [0.1, 0.15) is 18.1 Å². The molecule has 0 bridgehead atoms. The van der Waals surface area contributed by atoms with Gasteiger partial charge in [-0.1, -0.05) is 18.2 Å². The molecule has 9 N–H and O–H groups in total. The standard InChI is InChI=1S/C25H36N6O6/c26-10-4-3-8-19(22(33)30-20(14-32)25(36)37)29-23(34)21-9-5-11-31(21)24(35)17(27)12-15-13-28-18-7-2-1-6-16(15)18/h1-2,6-7,13,17,19-21,28,32H,3-5,8-12,14,26-27H2,(H,29,34)(H,30,33)(H,36,37). The van der Waals surface area contributed by atoms with Crippen molar-refractivity contribution < 1.29 is 29.4 Å². The number of amides is 3. The minimum atomic E-state index is -1.49. The van der Waals surface area contributed by atoms with Crippen LogP contribution in [0.5, 0.6) is 0 Å². The van der Waals surface area contributed by atoms with Gasteiger partial charge in [-0.15, -0.1) is 0 Å². The number of aromatic nitrogens is 1. The van der Waals surface area contributed by atoms with Crippen molar-refractivity contribution in [3.8, 4) is 0 Å². The number of rotatable bonds is 13. The second-order valence-electron chi connectivity index (χ2n) is 9.29. The summed E-state index contributed by atoms with van der Waals surface area (Å²) in [5.74, 6) is -2.97. The summed E-state index contributed by atoms with van der Waals surface area (Å²) >= 11 is 0. The summed E-state index contributed by atoms with van der Waals surface area (Å²) in [5, 5.41) is 24.3. The SMILES string of the molecule is NCCCCC(NC(=O)C1CCCN1C(=O)C(N)Cc1c[nH]c2ccccc12)C(=O)NC(CO)C(=O)O. The maximum absolute atomic E-state index is 13.2. The summed E-state index contributed by atoms with van der Waals surface area (Å²) in [6.07, 6.45) is 4.52. The quantitative estimate of drug-likeness (QED) is 0.168. The number of aliphatic hydroxyl groups is 1. The number of hydrogen-bond donors (Lipinski definition) is 7. The molecule has 202 valence electrons. The highest BCUT2D eigenvalue weighted by molar-refractivity contribution is 5.94. The molecule has 2 aromatic rings. The number of carboxylic acids is 1. The normalized spacial score (nSPS) is 17.8. The van der Waals surface area contributed by atoms with E-state index in [-0.39, 0.29) is 12.3 Å². The number of para-hydroxylation sites is 1. The summed E-state index contributed by atoms with van der Waals surface area (Å²) in [4.78, 5) is 55.0. The molecule has 0 saturated carbocycles. The van der Waals surface area contributed by atoms with Crippen LogP contribution in [0.25, 0.3) is 10.9 Å². The maximum Gasteiger partial charge on any atom is 0.328 e. The molecule has 0 radical (unpaired) electrons. The molecule has 1 aromatic carbocycles. The van der Waals surface area contributed by atoms with Crippen molar-refractivity contribution >= 4 is 34.6 Å². The Bertz CT molecular complexity index is 1100. The van der Waals surface area contributed by atoms with Crippen molar-refractivity contribution in [2.24, 2.45) is 11.5 Å². The van der Waals surface area contributed by atoms with Crippen molar-refractivity contribution in [1.82, 2.24) is 20.5 Å². The number of nitrogens with one attached hydrogen (secondary N) is 3. The summed E-state index contributed by atoms with van der Waals surface area (Å²) in [5.41, 5.74) is 13.7. The molecule has 37 heavy (non-hydrogen) atoms. The number of aliphatic hydroxyl groups excluding tert-OH is 1. The first kappa shape index (κ1) is 28.1. The lowest BCUT2D eigenvalue weighted by molar-refractivity contribution is -0.144. The Morgan fingerprint density at radius 1 is 1.14 bits per heavy atom. The summed E-state index contributed by atoms with van der Waals surface area (Å²) < 4.78 is 0. The highest BCUT2D eigenvalue weighted by Crippen LogP contribution is 2.22. The van der Waals surface area contributed by atoms with Gasteiger partial charge in [-0.2, -0.15) is 0 Å². The van der Waals surface area contributed by atoms with Crippen molar-refractivity contribution in [1.29, 1.82) is 0 Å².